The number of hydrogen-bond donors (Lipinski definition) is 1. The molecule has 1 aromatic carbocycles. The average Bonchev–Trinajstić information content (AvgIpc) is 2.51. The minimum absolute atomic E-state index is 0.599. The van der Waals surface area contributed by atoms with E-state index in [0.717, 1.165) is 23.9 Å². The van der Waals surface area contributed by atoms with Crippen molar-refractivity contribution in [3.63, 3.8) is 0 Å². The first kappa shape index (κ1) is 17.0. The molecule has 1 heterocycles. The van der Waals surface area contributed by atoms with Gasteiger partial charge in [-0.3, -0.25) is 9.20 Å². The van der Waals surface area contributed by atoms with Crippen LogP contribution < -0.4 is 5.32 Å². The van der Waals surface area contributed by atoms with E-state index in [2.05, 4.69) is 29.1 Å². The predicted molar refractivity (Wildman–Crippen MR) is 93.6 cm³/mol. The van der Waals surface area contributed by atoms with Crippen LogP contribution in [0.25, 0.3) is 0 Å². The standard InChI is InChI=1S/C17H27N3OS/c1-14-11-15(2)13-20(12-14)17(18-3)19-9-10-22(21)16-7-5-4-6-8-16/h4-8,14-15H,9-13H2,1-3H3,(H,18,19). The van der Waals surface area contributed by atoms with Gasteiger partial charge < -0.3 is 10.2 Å². The largest absolute Gasteiger partial charge is 0.355 e. The minimum Gasteiger partial charge on any atom is -0.355 e. The number of likely N-dealkylation sites (tertiary alicyclic amines) is 1. The lowest BCUT2D eigenvalue weighted by Gasteiger charge is -2.37. The molecule has 1 fully saturated rings. The molecule has 5 heteroatoms. The van der Waals surface area contributed by atoms with Crippen LogP contribution in [0.15, 0.2) is 40.2 Å². The van der Waals surface area contributed by atoms with Crippen molar-refractivity contribution in [1.82, 2.24) is 10.2 Å². The zero-order valence-corrected chi connectivity index (χ0v) is 14.6. The van der Waals surface area contributed by atoms with E-state index in [1.807, 2.05) is 37.4 Å². The summed E-state index contributed by atoms with van der Waals surface area (Å²) in [5.41, 5.74) is 0. The third-order valence-corrected chi connectivity index (χ3v) is 5.33. The van der Waals surface area contributed by atoms with E-state index >= 15 is 0 Å². The molecule has 4 nitrogen and oxygen atoms in total. The van der Waals surface area contributed by atoms with Crippen LogP contribution in [0.2, 0.25) is 0 Å². The van der Waals surface area contributed by atoms with E-state index in [9.17, 15) is 4.21 Å². The summed E-state index contributed by atoms with van der Waals surface area (Å²) in [6.45, 7) is 7.35. The fraction of sp³-hybridized carbons (Fsp3) is 0.588. The monoisotopic (exact) mass is 321 g/mol. The fourth-order valence-corrected chi connectivity index (χ4v) is 4.10. The van der Waals surface area contributed by atoms with Gasteiger partial charge in [0.25, 0.3) is 0 Å². The minimum atomic E-state index is -0.957. The van der Waals surface area contributed by atoms with Crippen LogP contribution >= 0.6 is 0 Å². The summed E-state index contributed by atoms with van der Waals surface area (Å²) in [7, 11) is 0.863. The highest BCUT2D eigenvalue weighted by molar-refractivity contribution is 7.85. The van der Waals surface area contributed by atoms with Crippen LogP contribution in [0.4, 0.5) is 0 Å². The van der Waals surface area contributed by atoms with Crippen molar-refractivity contribution in [2.45, 2.75) is 25.2 Å². The number of hydrogen-bond acceptors (Lipinski definition) is 2. The Morgan fingerprint density at radius 3 is 2.50 bits per heavy atom. The molecule has 3 atom stereocenters. The third-order valence-electron chi connectivity index (χ3n) is 3.96. The van der Waals surface area contributed by atoms with Gasteiger partial charge in [-0.2, -0.15) is 0 Å². The Balaban J connectivity index is 1.83. The summed E-state index contributed by atoms with van der Waals surface area (Å²) < 4.78 is 12.2. The molecule has 1 aliphatic heterocycles. The molecule has 0 aromatic heterocycles. The average molecular weight is 321 g/mol. The fourth-order valence-electron chi connectivity index (χ4n) is 3.11. The van der Waals surface area contributed by atoms with Crippen LogP contribution in [0.1, 0.15) is 20.3 Å². The van der Waals surface area contributed by atoms with Crippen molar-refractivity contribution in [1.29, 1.82) is 0 Å². The van der Waals surface area contributed by atoms with Crippen LogP contribution in [-0.2, 0) is 10.8 Å². The molecule has 1 N–H and O–H groups in total. The van der Waals surface area contributed by atoms with E-state index in [0.29, 0.717) is 24.1 Å². The molecular weight excluding hydrogens is 294 g/mol. The van der Waals surface area contributed by atoms with E-state index in [4.69, 9.17) is 0 Å². The number of piperidine rings is 1. The van der Waals surface area contributed by atoms with E-state index < -0.39 is 10.8 Å². The number of rotatable bonds is 4. The molecule has 0 amide bonds. The van der Waals surface area contributed by atoms with Crippen molar-refractivity contribution in [3.05, 3.63) is 30.3 Å². The SMILES string of the molecule is CN=C(NCCS(=O)c1ccccc1)N1CC(C)CC(C)C1. The van der Waals surface area contributed by atoms with E-state index in [1.165, 1.54) is 6.42 Å². The van der Waals surface area contributed by atoms with Gasteiger partial charge >= 0.3 is 0 Å². The summed E-state index contributed by atoms with van der Waals surface area (Å²) in [6, 6.07) is 9.63. The van der Waals surface area contributed by atoms with Gasteiger partial charge in [-0.1, -0.05) is 32.0 Å². The highest BCUT2D eigenvalue weighted by Gasteiger charge is 2.23. The first-order valence-electron chi connectivity index (χ1n) is 7.99. The van der Waals surface area contributed by atoms with Crippen LogP contribution in [0.3, 0.4) is 0 Å². The smallest absolute Gasteiger partial charge is 0.193 e. The molecule has 0 radical (unpaired) electrons. The number of nitrogens with one attached hydrogen (secondary N) is 1. The maximum absolute atomic E-state index is 12.2. The maximum Gasteiger partial charge on any atom is 0.193 e. The van der Waals surface area contributed by atoms with E-state index in [-0.39, 0.29) is 0 Å². The summed E-state index contributed by atoms with van der Waals surface area (Å²) >= 11 is 0. The lowest BCUT2D eigenvalue weighted by atomic mass is 9.92. The lowest BCUT2D eigenvalue weighted by Crippen LogP contribution is -2.49. The second kappa shape index (κ2) is 8.32. The van der Waals surface area contributed by atoms with Crippen molar-refractivity contribution >= 4 is 16.8 Å². The van der Waals surface area contributed by atoms with Crippen molar-refractivity contribution in [3.8, 4) is 0 Å². The zero-order valence-electron chi connectivity index (χ0n) is 13.8. The molecule has 122 valence electrons. The first-order valence-corrected chi connectivity index (χ1v) is 9.31. The van der Waals surface area contributed by atoms with Gasteiger partial charge in [-0.15, -0.1) is 0 Å². The molecule has 1 saturated heterocycles. The zero-order chi connectivity index (χ0) is 15.9. The molecule has 0 bridgehead atoms. The van der Waals surface area contributed by atoms with Gasteiger partial charge in [-0.25, -0.2) is 0 Å². The first-order chi connectivity index (χ1) is 10.6. The van der Waals surface area contributed by atoms with E-state index in [1.54, 1.807) is 0 Å². The third kappa shape index (κ3) is 4.83. The molecule has 0 aliphatic carbocycles. The maximum atomic E-state index is 12.2. The topological polar surface area (TPSA) is 44.7 Å². The van der Waals surface area contributed by atoms with Gasteiger partial charge in [0, 0.05) is 37.3 Å². The van der Waals surface area contributed by atoms with Gasteiger partial charge in [0.15, 0.2) is 5.96 Å². The van der Waals surface area contributed by atoms with Gasteiger partial charge in [0.2, 0.25) is 0 Å². The Hall–Kier alpha value is -1.36. The number of aliphatic imine (C=N–C) groups is 1. The second-order valence-electron chi connectivity index (χ2n) is 6.19. The lowest BCUT2D eigenvalue weighted by molar-refractivity contribution is 0.209. The van der Waals surface area contributed by atoms with Crippen LogP contribution in [0, 0.1) is 11.8 Å². The summed E-state index contributed by atoms with van der Waals surface area (Å²) in [5.74, 6) is 2.92. The van der Waals surface area contributed by atoms with Crippen LogP contribution in [0.5, 0.6) is 0 Å². The quantitative estimate of drug-likeness (QED) is 0.684. The molecule has 1 aromatic rings. The van der Waals surface area contributed by atoms with Crippen molar-refractivity contribution in [2.24, 2.45) is 16.8 Å². The highest BCUT2D eigenvalue weighted by Crippen LogP contribution is 2.20. The molecule has 0 saturated carbocycles. The molecule has 0 spiro atoms. The summed E-state index contributed by atoms with van der Waals surface area (Å²) in [4.78, 5) is 7.59. The van der Waals surface area contributed by atoms with Crippen molar-refractivity contribution in [2.75, 3.05) is 32.4 Å². The summed E-state index contributed by atoms with van der Waals surface area (Å²) in [5, 5.41) is 3.36. The Morgan fingerprint density at radius 2 is 1.91 bits per heavy atom. The Labute approximate surface area is 136 Å². The molecule has 3 unspecified atom stereocenters. The molecular formula is C17H27N3OS. The Kier molecular flexibility index (Phi) is 6.43. The van der Waals surface area contributed by atoms with Gasteiger partial charge in [0.1, 0.15) is 0 Å². The number of benzene rings is 1. The number of guanidine groups is 1. The summed E-state index contributed by atoms with van der Waals surface area (Å²) in [6.07, 6.45) is 1.28. The molecule has 22 heavy (non-hydrogen) atoms. The van der Waals surface area contributed by atoms with Crippen LogP contribution in [-0.4, -0.2) is 47.5 Å². The normalized spacial score (nSPS) is 24.1. The molecule has 2 rings (SSSR count). The molecule has 1 aliphatic rings. The Morgan fingerprint density at radius 1 is 1.27 bits per heavy atom. The predicted octanol–water partition coefficient (Wildman–Crippen LogP) is 2.35. The number of nitrogens with zero attached hydrogens (tertiary/aromatic N) is 2. The van der Waals surface area contributed by atoms with Gasteiger partial charge in [0.05, 0.1) is 10.8 Å². The Bertz CT molecular complexity index is 508. The second-order valence-corrected chi connectivity index (χ2v) is 7.76. The van der Waals surface area contributed by atoms with Crippen molar-refractivity contribution < 1.29 is 4.21 Å². The van der Waals surface area contributed by atoms with Gasteiger partial charge in [-0.05, 0) is 30.4 Å². The highest BCUT2D eigenvalue weighted by atomic mass is 32.2.